The predicted molar refractivity (Wildman–Crippen MR) is 69.4 cm³/mol. The summed E-state index contributed by atoms with van der Waals surface area (Å²) in [6.45, 7) is 1.91. The lowest BCUT2D eigenvalue weighted by Crippen LogP contribution is -2.13. The van der Waals surface area contributed by atoms with Crippen LogP contribution in [0.15, 0.2) is 23.2 Å². The van der Waals surface area contributed by atoms with E-state index in [1.54, 1.807) is 0 Å². The Balaban J connectivity index is 2.30. The molecule has 2 nitrogen and oxygen atoms in total. The molecule has 0 bridgehead atoms. The lowest BCUT2D eigenvalue weighted by atomic mass is 10.1. The monoisotopic (exact) mass is 294 g/mol. The van der Waals surface area contributed by atoms with Gasteiger partial charge in [0.15, 0.2) is 5.17 Å². The molecule has 0 saturated heterocycles. The summed E-state index contributed by atoms with van der Waals surface area (Å²) < 4.78 is 38.5. The van der Waals surface area contributed by atoms with E-state index < -0.39 is 11.7 Å². The number of rotatable bonds is 1. The van der Waals surface area contributed by atoms with Gasteiger partial charge in [0.25, 0.3) is 0 Å². The lowest BCUT2D eigenvalue weighted by Gasteiger charge is -2.14. The SMILES string of the molecule is CC1CSC(Nc2ccc(Cl)cc2C(F)(F)F)=N1. The van der Waals surface area contributed by atoms with Crippen LogP contribution in [0.25, 0.3) is 0 Å². The maximum absolute atomic E-state index is 12.8. The number of hydrogen-bond acceptors (Lipinski definition) is 3. The minimum Gasteiger partial charge on any atom is -0.334 e. The van der Waals surface area contributed by atoms with Crippen LogP contribution in [0.2, 0.25) is 5.02 Å². The van der Waals surface area contributed by atoms with E-state index in [0.29, 0.717) is 5.17 Å². The zero-order valence-corrected chi connectivity index (χ0v) is 11.0. The van der Waals surface area contributed by atoms with Crippen molar-refractivity contribution < 1.29 is 13.2 Å². The van der Waals surface area contributed by atoms with Crippen molar-refractivity contribution in [2.75, 3.05) is 11.1 Å². The van der Waals surface area contributed by atoms with Crippen molar-refractivity contribution in [1.82, 2.24) is 0 Å². The molecule has 1 aromatic carbocycles. The molecule has 0 aromatic heterocycles. The highest BCUT2D eigenvalue weighted by atomic mass is 35.5. The first kappa shape index (κ1) is 13.5. The van der Waals surface area contributed by atoms with E-state index in [0.717, 1.165) is 11.8 Å². The third-order valence-corrected chi connectivity index (χ3v) is 3.69. The highest BCUT2D eigenvalue weighted by Crippen LogP contribution is 2.37. The average Bonchev–Trinajstić information content (AvgIpc) is 2.65. The fraction of sp³-hybridized carbons (Fsp3) is 0.364. The Morgan fingerprint density at radius 3 is 2.72 bits per heavy atom. The van der Waals surface area contributed by atoms with Gasteiger partial charge in [-0.1, -0.05) is 23.4 Å². The van der Waals surface area contributed by atoms with E-state index in [2.05, 4.69) is 10.3 Å². The predicted octanol–water partition coefficient (Wildman–Crippen LogP) is 4.26. The second-order valence-corrected chi connectivity index (χ2v) is 5.35. The number of thioether (sulfide) groups is 1. The molecular formula is C11H10ClF3N2S. The Bertz CT molecular complexity index is 488. The molecule has 1 aromatic rings. The fourth-order valence-electron chi connectivity index (χ4n) is 1.52. The van der Waals surface area contributed by atoms with E-state index in [-0.39, 0.29) is 16.8 Å². The second-order valence-electron chi connectivity index (χ2n) is 3.91. The van der Waals surface area contributed by atoms with Crippen LogP contribution in [0.1, 0.15) is 12.5 Å². The van der Waals surface area contributed by atoms with Gasteiger partial charge in [0.1, 0.15) is 0 Å². The van der Waals surface area contributed by atoms with Gasteiger partial charge in [0.05, 0.1) is 17.3 Å². The number of anilines is 1. The number of amidine groups is 1. The van der Waals surface area contributed by atoms with E-state index in [1.807, 2.05) is 6.92 Å². The van der Waals surface area contributed by atoms with Crippen molar-refractivity contribution in [2.24, 2.45) is 4.99 Å². The van der Waals surface area contributed by atoms with Gasteiger partial charge in [0, 0.05) is 10.8 Å². The number of alkyl halides is 3. The number of benzene rings is 1. The Morgan fingerprint density at radius 2 is 2.17 bits per heavy atom. The quantitative estimate of drug-likeness (QED) is 0.837. The van der Waals surface area contributed by atoms with Gasteiger partial charge in [-0.2, -0.15) is 13.2 Å². The molecule has 0 radical (unpaired) electrons. The van der Waals surface area contributed by atoms with Crippen molar-refractivity contribution in [2.45, 2.75) is 19.1 Å². The molecule has 1 unspecified atom stereocenters. The molecule has 1 aliphatic heterocycles. The second kappa shape index (κ2) is 5.01. The molecule has 0 saturated carbocycles. The molecular weight excluding hydrogens is 285 g/mol. The van der Waals surface area contributed by atoms with Gasteiger partial charge in [-0.25, -0.2) is 0 Å². The molecule has 7 heteroatoms. The highest BCUT2D eigenvalue weighted by molar-refractivity contribution is 8.14. The summed E-state index contributed by atoms with van der Waals surface area (Å²) in [7, 11) is 0. The summed E-state index contributed by atoms with van der Waals surface area (Å²) in [5.74, 6) is 0.775. The first-order valence-corrected chi connectivity index (χ1v) is 6.57. The minimum atomic E-state index is -4.44. The van der Waals surface area contributed by atoms with E-state index in [9.17, 15) is 13.2 Å². The Hall–Kier alpha value is -0.880. The van der Waals surface area contributed by atoms with Gasteiger partial charge in [-0.05, 0) is 25.1 Å². The molecule has 1 aliphatic rings. The smallest absolute Gasteiger partial charge is 0.334 e. The van der Waals surface area contributed by atoms with Crippen LogP contribution in [0, 0.1) is 0 Å². The Kier molecular flexibility index (Phi) is 3.77. The van der Waals surface area contributed by atoms with Crippen molar-refractivity contribution in [3.63, 3.8) is 0 Å². The van der Waals surface area contributed by atoms with Gasteiger partial charge in [0.2, 0.25) is 0 Å². The third kappa shape index (κ3) is 3.11. The summed E-state index contributed by atoms with van der Waals surface area (Å²) >= 11 is 7.01. The summed E-state index contributed by atoms with van der Waals surface area (Å²) in [5, 5.41) is 3.28. The summed E-state index contributed by atoms with van der Waals surface area (Å²) in [5.41, 5.74) is -0.801. The molecule has 98 valence electrons. The molecule has 0 fully saturated rings. The highest BCUT2D eigenvalue weighted by Gasteiger charge is 2.34. The van der Waals surface area contributed by atoms with Gasteiger partial charge in [-0.15, -0.1) is 0 Å². The van der Waals surface area contributed by atoms with E-state index in [4.69, 9.17) is 11.6 Å². The van der Waals surface area contributed by atoms with Gasteiger partial charge in [-0.3, -0.25) is 4.99 Å². The van der Waals surface area contributed by atoms with Crippen molar-refractivity contribution in [3.8, 4) is 0 Å². The standard InChI is InChI=1S/C11H10ClF3N2S/c1-6-5-18-10(16-6)17-9-3-2-7(12)4-8(9)11(13,14)15/h2-4,6H,5H2,1H3,(H,16,17). The number of halogens is 4. The number of nitrogens with zero attached hydrogens (tertiary/aromatic N) is 1. The maximum Gasteiger partial charge on any atom is 0.418 e. The number of aliphatic imine (C=N–C) groups is 1. The van der Waals surface area contributed by atoms with Crippen LogP contribution in [0.5, 0.6) is 0 Å². The van der Waals surface area contributed by atoms with Crippen LogP contribution in [-0.4, -0.2) is 17.0 Å². The summed E-state index contributed by atoms with van der Waals surface area (Å²) in [4.78, 5) is 4.20. The lowest BCUT2D eigenvalue weighted by molar-refractivity contribution is -0.136. The maximum atomic E-state index is 12.8. The van der Waals surface area contributed by atoms with Crippen LogP contribution >= 0.6 is 23.4 Å². The molecule has 18 heavy (non-hydrogen) atoms. The topological polar surface area (TPSA) is 24.4 Å². The fourth-order valence-corrected chi connectivity index (χ4v) is 2.60. The molecule has 0 aliphatic carbocycles. The largest absolute Gasteiger partial charge is 0.418 e. The molecule has 0 spiro atoms. The summed E-state index contributed by atoms with van der Waals surface area (Å²) in [6.07, 6.45) is -4.44. The molecule has 0 amide bonds. The number of hydrogen-bond donors (Lipinski definition) is 1. The molecule has 2 rings (SSSR count). The zero-order valence-electron chi connectivity index (χ0n) is 9.38. The Labute approximate surface area is 112 Å². The summed E-state index contributed by atoms with van der Waals surface area (Å²) in [6, 6.07) is 3.77. The van der Waals surface area contributed by atoms with Gasteiger partial charge >= 0.3 is 6.18 Å². The normalized spacial score (nSPS) is 19.8. The number of nitrogens with one attached hydrogen (secondary N) is 1. The van der Waals surface area contributed by atoms with Crippen LogP contribution in [-0.2, 0) is 6.18 Å². The van der Waals surface area contributed by atoms with Crippen LogP contribution in [0.4, 0.5) is 18.9 Å². The van der Waals surface area contributed by atoms with E-state index >= 15 is 0 Å². The van der Waals surface area contributed by atoms with E-state index in [1.165, 1.54) is 23.9 Å². The molecule has 1 atom stereocenters. The minimum absolute atomic E-state index is 0.0211. The third-order valence-electron chi connectivity index (χ3n) is 2.33. The van der Waals surface area contributed by atoms with Crippen molar-refractivity contribution in [1.29, 1.82) is 0 Å². The van der Waals surface area contributed by atoms with Crippen molar-refractivity contribution in [3.05, 3.63) is 28.8 Å². The zero-order chi connectivity index (χ0) is 13.3. The molecule has 1 N–H and O–H groups in total. The Morgan fingerprint density at radius 1 is 1.44 bits per heavy atom. The molecule has 1 heterocycles. The first-order valence-electron chi connectivity index (χ1n) is 5.20. The van der Waals surface area contributed by atoms with Gasteiger partial charge < -0.3 is 5.32 Å². The average molecular weight is 295 g/mol. The van der Waals surface area contributed by atoms with Crippen LogP contribution < -0.4 is 5.32 Å². The van der Waals surface area contributed by atoms with Crippen LogP contribution in [0.3, 0.4) is 0 Å². The van der Waals surface area contributed by atoms with Crippen molar-refractivity contribution >= 4 is 34.2 Å². The first-order chi connectivity index (χ1) is 8.36.